The van der Waals surface area contributed by atoms with Crippen molar-refractivity contribution >= 4 is 5.91 Å². The Morgan fingerprint density at radius 3 is 2.71 bits per heavy atom. The van der Waals surface area contributed by atoms with E-state index in [9.17, 15) is 18.0 Å². The van der Waals surface area contributed by atoms with E-state index in [-0.39, 0.29) is 17.7 Å². The van der Waals surface area contributed by atoms with Gasteiger partial charge in [-0.15, -0.1) is 0 Å². The molecule has 0 aliphatic carbocycles. The zero-order chi connectivity index (χ0) is 15.5. The van der Waals surface area contributed by atoms with Gasteiger partial charge in [0.05, 0.1) is 11.5 Å². The molecule has 3 nitrogen and oxygen atoms in total. The number of carbonyl (C=O) groups excluding carboxylic acids is 1. The summed E-state index contributed by atoms with van der Waals surface area (Å²) in [6.45, 7) is 3.75. The van der Waals surface area contributed by atoms with Crippen LogP contribution in [0.25, 0.3) is 0 Å². The van der Waals surface area contributed by atoms with Gasteiger partial charge in [0, 0.05) is 19.6 Å². The average molecular weight is 300 g/mol. The SMILES string of the molecule is CC(CCNC(=O)C1CNC1)c1cccc(C(F)(F)F)c1. The van der Waals surface area contributed by atoms with Gasteiger partial charge in [-0.25, -0.2) is 0 Å². The highest BCUT2D eigenvalue weighted by Crippen LogP contribution is 2.31. The van der Waals surface area contributed by atoms with Crippen molar-refractivity contribution in [2.45, 2.75) is 25.4 Å². The van der Waals surface area contributed by atoms with E-state index in [1.807, 2.05) is 6.92 Å². The normalized spacial score (nSPS) is 17.1. The lowest BCUT2D eigenvalue weighted by Gasteiger charge is -2.26. The molecule has 1 heterocycles. The second kappa shape index (κ2) is 6.47. The molecule has 1 unspecified atom stereocenters. The summed E-state index contributed by atoms with van der Waals surface area (Å²) < 4.78 is 38.0. The molecule has 2 N–H and O–H groups in total. The first-order valence-corrected chi connectivity index (χ1v) is 7.03. The third-order valence-electron chi connectivity index (χ3n) is 3.81. The second-order valence-electron chi connectivity index (χ2n) is 5.46. The second-order valence-corrected chi connectivity index (χ2v) is 5.46. The van der Waals surface area contributed by atoms with Gasteiger partial charge in [-0.2, -0.15) is 13.2 Å². The van der Waals surface area contributed by atoms with E-state index in [1.54, 1.807) is 6.07 Å². The van der Waals surface area contributed by atoms with Crippen LogP contribution in [0.5, 0.6) is 0 Å². The minimum absolute atomic E-state index is 0.0185. The molecule has 6 heteroatoms. The van der Waals surface area contributed by atoms with E-state index in [2.05, 4.69) is 10.6 Å². The standard InChI is InChI=1S/C15H19F3N2O/c1-10(5-6-20-14(21)12-8-19-9-12)11-3-2-4-13(7-11)15(16,17)18/h2-4,7,10,12,19H,5-6,8-9H2,1H3,(H,20,21). The fraction of sp³-hybridized carbons (Fsp3) is 0.533. The number of alkyl halides is 3. The Balaban J connectivity index is 1.85. The van der Waals surface area contributed by atoms with Crippen LogP contribution in [-0.2, 0) is 11.0 Å². The molecule has 0 bridgehead atoms. The van der Waals surface area contributed by atoms with Crippen molar-refractivity contribution in [3.63, 3.8) is 0 Å². The van der Waals surface area contributed by atoms with E-state index >= 15 is 0 Å². The Labute approximate surface area is 121 Å². The van der Waals surface area contributed by atoms with Gasteiger partial charge in [0.25, 0.3) is 0 Å². The quantitative estimate of drug-likeness (QED) is 0.877. The van der Waals surface area contributed by atoms with Crippen LogP contribution >= 0.6 is 0 Å². The molecule has 1 aromatic rings. The van der Waals surface area contributed by atoms with Crippen LogP contribution in [0.15, 0.2) is 24.3 Å². The Kier molecular flexibility index (Phi) is 4.88. The summed E-state index contributed by atoms with van der Waals surface area (Å²) in [5, 5.41) is 5.85. The zero-order valence-corrected chi connectivity index (χ0v) is 11.8. The monoisotopic (exact) mass is 300 g/mol. The maximum atomic E-state index is 12.7. The Bertz CT molecular complexity index is 498. The van der Waals surface area contributed by atoms with Gasteiger partial charge in [-0.3, -0.25) is 4.79 Å². The number of carbonyl (C=O) groups is 1. The molecule has 1 aliphatic rings. The van der Waals surface area contributed by atoms with Crippen LogP contribution in [0.1, 0.15) is 30.4 Å². The third kappa shape index (κ3) is 4.20. The molecule has 1 aliphatic heterocycles. The lowest BCUT2D eigenvalue weighted by Crippen LogP contribution is -2.50. The predicted octanol–water partition coefficient (Wildman–Crippen LogP) is 2.53. The number of halogens is 3. The van der Waals surface area contributed by atoms with Crippen LogP contribution in [-0.4, -0.2) is 25.5 Å². The van der Waals surface area contributed by atoms with Crippen molar-refractivity contribution in [3.8, 4) is 0 Å². The first-order valence-electron chi connectivity index (χ1n) is 7.03. The maximum Gasteiger partial charge on any atom is 0.416 e. The summed E-state index contributed by atoms with van der Waals surface area (Å²) in [5.41, 5.74) is 0.0146. The Morgan fingerprint density at radius 2 is 2.14 bits per heavy atom. The van der Waals surface area contributed by atoms with Crippen molar-refractivity contribution < 1.29 is 18.0 Å². The number of rotatable bonds is 5. The van der Waals surface area contributed by atoms with E-state index in [0.29, 0.717) is 31.6 Å². The summed E-state index contributed by atoms with van der Waals surface area (Å²) >= 11 is 0. The third-order valence-corrected chi connectivity index (χ3v) is 3.81. The Morgan fingerprint density at radius 1 is 1.43 bits per heavy atom. The fourth-order valence-electron chi connectivity index (χ4n) is 2.22. The topological polar surface area (TPSA) is 41.1 Å². The lowest BCUT2D eigenvalue weighted by molar-refractivity contribution is -0.137. The van der Waals surface area contributed by atoms with Gasteiger partial charge >= 0.3 is 6.18 Å². The van der Waals surface area contributed by atoms with Crippen LogP contribution in [0.3, 0.4) is 0 Å². The molecule has 21 heavy (non-hydrogen) atoms. The molecule has 1 saturated heterocycles. The average Bonchev–Trinajstić information content (AvgIpc) is 2.35. The van der Waals surface area contributed by atoms with Gasteiger partial charge in [0.1, 0.15) is 0 Å². The van der Waals surface area contributed by atoms with Crippen molar-refractivity contribution in [1.29, 1.82) is 0 Å². The van der Waals surface area contributed by atoms with Gasteiger partial charge in [-0.1, -0.05) is 25.1 Å². The molecule has 0 spiro atoms. The summed E-state index contributed by atoms with van der Waals surface area (Å²) in [7, 11) is 0. The van der Waals surface area contributed by atoms with Crippen LogP contribution < -0.4 is 10.6 Å². The van der Waals surface area contributed by atoms with Crippen LogP contribution in [0, 0.1) is 5.92 Å². The highest BCUT2D eigenvalue weighted by Gasteiger charge is 2.30. The molecule has 2 rings (SSSR count). The molecule has 1 atom stereocenters. The molecular weight excluding hydrogens is 281 g/mol. The maximum absolute atomic E-state index is 12.7. The minimum atomic E-state index is -4.32. The fourth-order valence-corrected chi connectivity index (χ4v) is 2.22. The highest BCUT2D eigenvalue weighted by molar-refractivity contribution is 5.79. The summed E-state index contributed by atoms with van der Waals surface area (Å²) in [6.07, 6.45) is -3.70. The molecule has 0 saturated carbocycles. The minimum Gasteiger partial charge on any atom is -0.356 e. The van der Waals surface area contributed by atoms with E-state index < -0.39 is 11.7 Å². The predicted molar refractivity (Wildman–Crippen MR) is 73.8 cm³/mol. The van der Waals surface area contributed by atoms with Crippen LogP contribution in [0.2, 0.25) is 0 Å². The molecular formula is C15H19F3N2O. The van der Waals surface area contributed by atoms with Crippen molar-refractivity contribution in [2.75, 3.05) is 19.6 Å². The molecule has 0 radical (unpaired) electrons. The first kappa shape index (κ1) is 15.8. The first-order chi connectivity index (χ1) is 9.88. The van der Waals surface area contributed by atoms with E-state index in [1.165, 1.54) is 12.1 Å². The number of nitrogens with one attached hydrogen (secondary N) is 2. The van der Waals surface area contributed by atoms with E-state index in [4.69, 9.17) is 0 Å². The summed E-state index contributed by atoms with van der Waals surface area (Å²) in [5.74, 6) is 0.0194. The Hall–Kier alpha value is -1.56. The number of benzene rings is 1. The number of hydrogen-bond donors (Lipinski definition) is 2. The van der Waals surface area contributed by atoms with Gasteiger partial charge in [-0.05, 0) is 24.0 Å². The van der Waals surface area contributed by atoms with Gasteiger partial charge in [0.15, 0.2) is 0 Å². The van der Waals surface area contributed by atoms with Gasteiger partial charge in [0.2, 0.25) is 5.91 Å². The molecule has 1 fully saturated rings. The highest BCUT2D eigenvalue weighted by atomic mass is 19.4. The number of amides is 1. The smallest absolute Gasteiger partial charge is 0.356 e. The van der Waals surface area contributed by atoms with Crippen molar-refractivity contribution in [2.24, 2.45) is 5.92 Å². The molecule has 1 amide bonds. The number of hydrogen-bond acceptors (Lipinski definition) is 2. The van der Waals surface area contributed by atoms with Crippen LogP contribution in [0.4, 0.5) is 13.2 Å². The largest absolute Gasteiger partial charge is 0.416 e. The molecule has 116 valence electrons. The van der Waals surface area contributed by atoms with Crippen molar-refractivity contribution in [3.05, 3.63) is 35.4 Å². The van der Waals surface area contributed by atoms with Crippen molar-refractivity contribution in [1.82, 2.24) is 10.6 Å². The van der Waals surface area contributed by atoms with Gasteiger partial charge < -0.3 is 10.6 Å². The molecule has 1 aromatic carbocycles. The van der Waals surface area contributed by atoms with E-state index in [0.717, 1.165) is 6.07 Å². The molecule has 0 aromatic heterocycles. The zero-order valence-electron chi connectivity index (χ0n) is 11.8. The summed E-state index contributed by atoms with van der Waals surface area (Å²) in [6, 6.07) is 5.37. The lowest BCUT2D eigenvalue weighted by atomic mass is 9.95. The summed E-state index contributed by atoms with van der Waals surface area (Å²) in [4.78, 5) is 11.6.